The van der Waals surface area contributed by atoms with E-state index in [1.165, 1.54) is 128 Å². The zero-order valence-corrected chi connectivity index (χ0v) is 40.4. The predicted octanol–water partition coefficient (Wildman–Crippen LogP) is 10.3. The van der Waals surface area contributed by atoms with Crippen LogP contribution in [0.25, 0.3) is 46.4 Å². The second kappa shape index (κ2) is 21.0. The number of nitrogens with zero attached hydrogens (tertiary/aromatic N) is 6. The number of rotatable bonds is 24. The Morgan fingerprint density at radius 2 is 0.567 bits per heavy atom. The fourth-order valence-corrected chi connectivity index (χ4v) is 8.75. The zero-order chi connectivity index (χ0) is 43.6. The predicted molar refractivity (Wildman–Crippen MR) is 261 cm³/mol. The van der Waals surface area contributed by atoms with Crippen molar-refractivity contribution in [2.24, 2.45) is 0 Å². The average molecular weight is 823 g/mol. The molecule has 2 aliphatic rings. The largest absolute Gasteiger partial charge is 0.355 e. The van der Waals surface area contributed by atoms with Gasteiger partial charge in [-0.3, -0.25) is 0 Å². The Bertz CT molecular complexity index is 1940. The van der Waals surface area contributed by atoms with Crippen molar-refractivity contribution in [2.45, 2.75) is 103 Å². The molecule has 5 heterocycles. The molecule has 0 saturated carbocycles. The summed E-state index contributed by atoms with van der Waals surface area (Å²) in [5.41, 5.74) is 14.6. The van der Waals surface area contributed by atoms with E-state index in [0.717, 1.165) is 85.7 Å². The van der Waals surface area contributed by atoms with Crippen molar-refractivity contribution in [3.05, 3.63) is 69.3 Å². The second-order valence-electron chi connectivity index (χ2n) is 22.2. The molecule has 0 unspecified atom stereocenters. The third kappa shape index (κ3) is 15.4. The maximum absolute atomic E-state index is 5.51. The average Bonchev–Trinajstić information content (AvgIpc) is 3.97. The lowest BCUT2D eigenvalue weighted by Gasteiger charge is -2.23. The fraction of sp³-hybridized carbons (Fsp3) is 0.615. The van der Waals surface area contributed by atoms with Gasteiger partial charge in [0.25, 0.3) is 0 Å². The first kappa shape index (κ1) is 47.5. The first-order valence-corrected chi connectivity index (χ1v) is 23.6. The van der Waals surface area contributed by atoms with Crippen molar-refractivity contribution in [2.75, 3.05) is 111 Å². The number of hydrogen-bond acceptors (Lipinski definition) is 2. The van der Waals surface area contributed by atoms with Gasteiger partial charge >= 0.3 is 0 Å². The molecule has 0 spiro atoms. The van der Waals surface area contributed by atoms with E-state index in [-0.39, 0.29) is 0 Å². The molecule has 5 rings (SSSR count). The topological polar surface area (TPSA) is 57.4 Å². The van der Waals surface area contributed by atoms with Gasteiger partial charge in [-0.25, -0.2) is 9.97 Å². The van der Waals surface area contributed by atoms with E-state index in [2.05, 4.69) is 143 Å². The molecule has 0 saturated heterocycles. The normalized spacial score (nSPS) is 13.5. The quantitative estimate of drug-likeness (QED) is 0.0481. The lowest BCUT2D eigenvalue weighted by molar-refractivity contribution is -0.870. The van der Waals surface area contributed by atoms with Gasteiger partial charge < -0.3 is 27.9 Å². The minimum Gasteiger partial charge on any atom is -0.355 e. The summed E-state index contributed by atoms with van der Waals surface area (Å²) in [7, 11) is 27.6. The Morgan fingerprint density at radius 3 is 0.867 bits per heavy atom. The summed E-state index contributed by atoms with van der Waals surface area (Å²) < 4.78 is 4.06. The molecule has 8 bridgehead atoms. The Hall–Kier alpha value is -3.56. The van der Waals surface area contributed by atoms with Crippen molar-refractivity contribution < 1.29 is 17.9 Å². The van der Waals surface area contributed by atoms with Crippen LogP contribution in [0.3, 0.4) is 0 Å². The SMILES string of the molecule is C[N+](C)(C)CCCCCc1c2nc(c(CCCCC[N+](C)(C)C)c3ccc([nH]3)c(CCCCC[N+](C)(C)C)c3ccc([nH]3)c(CCCCC[N+](C)(C)C)c3nc1C=C3)C=C2. The van der Waals surface area contributed by atoms with Gasteiger partial charge in [-0.05, 0) is 157 Å². The van der Waals surface area contributed by atoms with Crippen LogP contribution in [0.15, 0.2) is 24.3 Å². The van der Waals surface area contributed by atoms with Crippen LogP contribution in [0.5, 0.6) is 0 Å². The summed E-state index contributed by atoms with van der Waals surface area (Å²) in [4.78, 5) is 19.0. The van der Waals surface area contributed by atoms with Gasteiger partial charge in [-0.1, -0.05) is 0 Å². The van der Waals surface area contributed by atoms with Gasteiger partial charge in [0.15, 0.2) is 0 Å². The zero-order valence-electron chi connectivity index (χ0n) is 40.4. The number of hydrogen-bond donors (Lipinski definition) is 2. The van der Waals surface area contributed by atoms with Crippen molar-refractivity contribution in [3.8, 4) is 0 Å². The molecule has 0 atom stereocenters. The maximum Gasteiger partial charge on any atom is 0.0780 e. The standard InChI is InChI=1S/C52H86N8/c1-57(2,3)37-21-13-17-25-41-45-29-31-47(53-45)42(26-18-14-22-38-58(4,5)6)49-33-35-51(55-49)44(28-20-16-24-40-60(10,11)12)52-36-34-50(56-52)43(48-32-30-46(41)54-48)27-19-15-23-39-59(7,8)9/h29-36,53-54H,13-28,37-40H2,1-12H3/q+4. The first-order chi connectivity index (χ1) is 28.2. The highest BCUT2D eigenvalue weighted by atomic mass is 15.3. The third-order valence-electron chi connectivity index (χ3n) is 12.2. The number of aryl methyl sites for hydroxylation is 3. The molecular weight excluding hydrogens is 737 g/mol. The number of fused-ring (bicyclic) bond motifs is 8. The van der Waals surface area contributed by atoms with E-state index in [1.54, 1.807) is 0 Å². The van der Waals surface area contributed by atoms with Crippen molar-refractivity contribution in [1.29, 1.82) is 0 Å². The summed E-state index contributed by atoms with van der Waals surface area (Å²) in [6, 6.07) is 9.35. The van der Waals surface area contributed by atoms with Gasteiger partial charge in [-0.15, -0.1) is 0 Å². The van der Waals surface area contributed by atoms with Gasteiger partial charge in [-0.2, -0.15) is 0 Å². The lowest BCUT2D eigenvalue weighted by Crippen LogP contribution is -2.35. The highest BCUT2D eigenvalue weighted by Crippen LogP contribution is 2.30. The van der Waals surface area contributed by atoms with Gasteiger partial charge in [0.1, 0.15) is 0 Å². The summed E-state index contributed by atoms with van der Waals surface area (Å²) >= 11 is 0. The third-order valence-corrected chi connectivity index (χ3v) is 12.2. The monoisotopic (exact) mass is 823 g/mol. The molecule has 2 N–H and O–H groups in total. The maximum atomic E-state index is 5.51. The molecule has 60 heavy (non-hydrogen) atoms. The van der Waals surface area contributed by atoms with Crippen LogP contribution in [0.4, 0.5) is 0 Å². The van der Waals surface area contributed by atoms with Crippen LogP contribution in [0.1, 0.15) is 122 Å². The molecule has 0 aliphatic carbocycles. The summed E-state index contributed by atoms with van der Waals surface area (Å²) in [5.74, 6) is 0. The first-order valence-electron chi connectivity index (χ1n) is 23.6. The molecule has 330 valence electrons. The Labute approximate surface area is 365 Å². The molecular formula is C52H86N8+4. The van der Waals surface area contributed by atoms with E-state index in [0.29, 0.717) is 0 Å². The molecule has 8 heteroatoms. The molecule has 3 aromatic heterocycles. The van der Waals surface area contributed by atoms with E-state index < -0.39 is 0 Å². The number of unbranched alkanes of at least 4 members (excludes halogenated alkanes) is 8. The van der Waals surface area contributed by atoms with Crippen molar-refractivity contribution in [3.63, 3.8) is 0 Å². The lowest BCUT2D eigenvalue weighted by atomic mass is 10.0. The van der Waals surface area contributed by atoms with Crippen LogP contribution in [-0.4, -0.2) is 149 Å². The van der Waals surface area contributed by atoms with Gasteiger partial charge in [0.05, 0.1) is 134 Å². The Kier molecular flexibility index (Phi) is 16.6. The molecule has 0 amide bonds. The minimum absolute atomic E-state index is 0.983. The Morgan fingerprint density at radius 1 is 0.317 bits per heavy atom. The van der Waals surface area contributed by atoms with Crippen molar-refractivity contribution >= 4 is 46.4 Å². The van der Waals surface area contributed by atoms with Crippen LogP contribution in [0, 0.1) is 0 Å². The molecule has 0 radical (unpaired) electrons. The molecule has 0 fully saturated rings. The molecule has 2 aliphatic heterocycles. The van der Waals surface area contributed by atoms with Crippen LogP contribution in [-0.2, 0) is 25.7 Å². The second-order valence-corrected chi connectivity index (χ2v) is 22.2. The van der Waals surface area contributed by atoms with Crippen LogP contribution in [0.2, 0.25) is 0 Å². The summed E-state index contributed by atoms with van der Waals surface area (Å²) in [6.07, 6.45) is 27.6. The minimum atomic E-state index is 0.983. The van der Waals surface area contributed by atoms with Gasteiger partial charge in [0, 0.05) is 38.8 Å². The summed E-state index contributed by atoms with van der Waals surface area (Å²) in [5, 5.41) is 0. The van der Waals surface area contributed by atoms with Crippen LogP contribution >= 0.6 is 0 Å². The van der Waals surface area contributed by atoms with E-state index in [9.17, 15) is 0 Å². The van der Waals surface area contributed by atoms with Crippen molar-refractivity contribution in [1.82, 2.24) is 19.9 Å². The number of H-pyrrole nitrogens is 2. The molecule has 8 nitrogen and oxygen atoms in total. The number of aromatic amines is 2. The summed E-state index contributed by atoms with van der Waals surface area (Å²) in [6.45, 7) is 4.79. The number of aromatic nitrogens is 4. The highest BCUT2D eigenvalue weighted by molar-refractivity contribution is 5.83. The van der Waals surface area contributed by atoms with E-state index in [4.69, 9.17) is 9.97 Å². The van der Waals surface area contributed by atoms with Crippen LogP contribution < -0.4 is 0 Å². The van der Waals surface area contributed by atoms with Gasteiger partial charge in [0.2, 0.25) is 0 Å². The number of nitrogens with one attached hydrogen (secondary N) is 2. The molecule has 3 aromatic rings. The highest BCUT2D eigenvalue weighted by Gasteiger charge is 2.18. The van der Waals surface area contributed by atoms with E-state index >= 15 is 0 Å². The smallest absolute Gasteiger partial charge is 0.0780 e. The fourth-order valence-electron chi connectivity index (χ4n) is 8.75. The number of quaternary nitrogens is 4. The Balaban J connectivity index is 1.65. The molecule has 0 aromatic carbocycles. The van der Waals surface area contributed by atoms with E-state index in [1.807, 2.05) is 0 Å².